The number of rotatable bonds is 6. The second kappa shape index (κ2) is 6.94. The molecule has 0 aliphatic carbocycles. The van der Waals surface area contributed by atoms with Crippen molar-refractivity contribution in [3.8, 4) is 5.75 Å². The second-order valence-electron chi connectivity index (χ2n) is 3.72. The maximum absolute atomic E-state index is 11.8. The highest BCUT2D eigenvalue weighted by Crippen LogP contribution is 2.25. The number of esters is 1. The van der Waals surface area contributed by atoms with Crippen LogP contribution < -0.4 is 4.74 Å². The largest absolute Gasteiger partial charge is 0.492 e. The lowest BCUT2D eigenvalue weighted by molar-refractivity contribution is 0.0521. The number of benzene rings is 1. The number of aryl methyl sites for hydroxylation is 1. The van der Waals surface area contributed by atoms with Crippen LogP contribution in [0.15, 0.2) is 18.2 Å². The molecule has 0 radical (unpaired) electrons. The molecule has 0 aromatic heterocycles. The van der Waals surface area contributed by atoms with Crippen LogP contribution in [0.3, 0.4) is 0 Å². The smallest absolute Gasteiger partial charge is 0.341 e. The Kier molecular flexibility index (Phi) is 5.53. The molecule has 3 nitrogen and oxygen atoms in total. The summed E-state index contributed by atoms with van der Waals surface area (Å²) in [5.74, 6) is 0.365. The van der Waals surface area contributed by atoms with Gasteiger partial charge in [0.2, 0.25) is 0 Å². The van der Waals surface area contributed by atoms with Crippen LogP contribution in [0.5, 0.6) is 5.75 Å². The predicted octanol–water partition coefficient (Wildman–Crippen LogP) is 3.21. The number of ether oxygens (including phenoxy) is 2. The SMILES string of the molecule is CCCOc1c(CC)cccc1C(=O)OCC. The number of carbonyl (C=O) groups is 1. The van der Waals surface area contributed by atoms with E-state index in [1.807, 2.05) is 26.0 Å². The van der Waals surface area contributed by atoms with Crippen molar-refractivity contribution in [3.05, 3.63) is 29.3 Å². The van der Waals surface area contributed by atoms with Crippen molar-refractivity contribution in [2.75, 3.05) is 13.2 Å². The van der Waals surface area contributed by atoms with Crippen molar-refractivity contribution in [3.63, 3.8) is 0 Å². The minimum absolute atomic E-state index is 0.311. The highest BCUT2D eigenvalue weighted by atomic mass is 16.5. The zero-order valence-electron chi connectivity index (χ0n) is 10.8. The molecule has 0 bridgehead atoms. The van der Waals surface area contributed by atoms with E-state index in [-0.39, 0.29) is 5.97 Å². The summed E-state index contributed by atoms with van der Waals surface area (Å²) in [6, 6.07) is 5.60. The summed E-state index contributed by atoms with van der Waals surface area (Å²) in [7, 11) is 0. The zero-order chi connectivity index (χ0) is 12.7. The summed E-state index contributed by atoms with van der Waals surface area (Å²) in [5.41, 5.74) is 1.57. The van der Waals surface area contributed by atoms with Gasteiger partial charge in [0.15, 0.2) is 0 Å². The fraction of sp³-hybridized carbons (Fsp3) is 0.500. The van der Waals surface area contributed by atoms with Crippen LogP contribution in [0.25, 0.3) is 0 Å². The minimum atomic E-state index is -0.311. The Morgan fingerprint density at radius 1 is 1.24 bits per heavy atom. The van der Waals surface area contributed by atoms with Crippen molar-refractivity contribution in [2.24, 2.45) is 0 Å². The molecular formula is C14H20O3. The lowest BCUT2D eigenvalue weighted by Gasteiger charge is -2.13. The predicted molar refractivity (Wildman–Crippen MR) is 67.6 cm³/mol. The van der Waals surface area contributed by atoms with Crippen molar-refractivity contribution < 1.29 is 14.3 Å². The molecule has 1 rings (SSSR count). The quantitative estimate of drug-likeness (QED) is 0.711. The summed E-state index contributed by atoms with van der Waals surface area (Å²) in [6.45, 7) is 6.88. The molecule has 0 fully saturated rings. The third-order valence-corrected chi connectivity index (χ3v) is 2.42. The minimum Gasteiger partial charge on any atom is -0.492 e. The zero-order valence-corrected chi connectivity index (χ0v) is 10.8. The highest BCUT2D eigenvalue weighted by Gasteiger charge is 2.16. The maximum atomic E-state index is 11.8. The average Bonchev–Trinajstić information content (AvgIpc) is 2.36. The monoisotopic (exact) mass is 236 g/mol. The van der Waals surface area contributed by atoms with E-state index in [1.54, 1.807) is 13.0 Å². The van der Waals surface area contributed by atoms with Gasteiger partial charge in [0.25, 0.3) is 0 Å². The van der Waals surface area contributed by atoms with Gasteiger partial charge in [-0.05, 0) is 31.4 Å². The average molecular weight is 236 g/mol. The van der Waals surface area contributed by atoms with Gasteiger partial charge < -0.3 is 9.47 Å². The van der Waals surface area contributed by atoms with Gasteiger partial charge in [0, 0.05) is 0 Å². The molecule has 0 unspecified atom stereocenters. The lowest BCUT2D eigenvalue weighted by Crippen LogP contribution is -2.10. The molecule has 17 heavy (non-hydrogen) atoms. The van der Waals surface area contributed by atoms with E-state index in [0.29, 0.717) is 24.5 Å². The summed E-state index contributed by atoms with van der Waals surface area (Å²) < 4.78 is 10.7. The van der Waals surface area contributed by atoms with E-state index >= 15 is 0 Å². The third kappa shape index (κ3) is 3.48. The van der Waals surface area contributed by atoms with E-state index in [1.165, 1.54) is 0 Å². The van der Waals surface area contributed by atoms with E-state index in [0.717, 1.165) is 18.4 Å². The Hall–Kier alpha value is -1.51. The van der Waals surface area contributed by atoms with Crippen LogP contribution >= 0.6 is 0 Å². The van der Waals surface area contributed by atoms with Crippen LogP contribution in [0.2, 0.25) is 0 Å². The first-order chi connectivity index (χ1) is 8.24. The van der Waals surface area contributed by atoms with Crippen molar-refractivity contribution >= 4 is 5.97 Å². The first-order valence-electron chi connectivity index (χ1n) is 6.16. The Balaban J connectivity index is 3.05. The molecule has 0 atom stereocenters. The number of hydrogen-bond donors (Lipinski definition) is 0. The fourth-order valence-corrected chi connectivity index (χ4v) is 1.61. The molecule has 0 aliphatic heterocycles. The molecule has 0 saturated carbocycles. The molecule has 0 aliphatic rings. The normalized spacial score (nSPS) is 10.1. The van der Waals surface area contributed by atoms with Crippen LogP contribution in [0.4, 0.5) is 0 Å². The first kappa shape index (κ1) is 13.6. The molecule has 1 aromatic rings. The number of carbonyl (C=O) groups excluding carboxylic acids is 1. The van der Waals surface area contributed by atoms with Gasteiger partial charge in [0.05, 0.1) is 13.2 Å². The van der Waals surface area contributed by atoms with Crippen molar-refractivity contribution in [1.82, 2.24) is 0 Å². The molecule has 0 heterocycles. The Morgan fingerprint density at radius 3 is 2.59 bits per heavy atom. The van der Waals surface area contributed by atoms with Crippen LogP contribution in [0.1, 0.15) is 43.1 Å². The Morgan fingerprint density at radius 2 is 2.00 bits per heavy atom. The van der Waals surface area contributed by atoms with Gasteiger partial charge >= 0.3 is 5.97 Å². The molecule has 94 valence electrons. The van der Waals surface area contributed by atoms with Crippen LogP contribution in [-0.2, 0) is 11.2 Å². The molecule has 0 amide bonds. The van der Waals surface area contributed by atoms with Crippen molar-refractivity contribution in [1.29, 1.82) is 0 Å². The topological polar surface area (TPSA) is 35.5 Å². The van der Waals surface area contributed by atoms with Gasteiger partial charge in [-0.2, -0.15) is 0 Å². The Labute approximate surface area is 103 Å². The lowest BCUT2D eigenvalue weighted by atomic mass is 10.1. The van der Waals surface area contributed by atoms with E-state index in [9.17, 15) is 4.79 Å². The van der Waals surface area contributed by atoms with Gasteiger partial charge in [-0.3, -0.25) is 0 Å². The van der Waals surface area contributed by atoms with Crippen molar-refractivity contribution in [2.45, 2.75) is 33.6 Å². The van der Waals surface area contributed by atoms with Gasteiger partial charge in [-0.25, -0.2) is 4.79 Å². The molecule has 3 heteroatoms. The summed E-state index contributed by atoms with van der Waals surface area (Å²) >= 11 is 0. The Bertz CT molecular complexity index is 372. The molecule has 0 spiro atoms. The summed E-state index contributed by atoms with van der Waals surface area (Å²) in [4.78, 5) is 11.8. The summed E-state index contributed by atoms with van der Waals surface area (Å²) in [6.07, 6.45) is 1.76. The van der Waals surface area contributed by atoms with Crippen LogP contribution in [0, 0.1) is 0 Å². The highest BCUT2D eigenvalue weighted by molar-refractivity contribution is 5.93. The molecule has 0 N–H and O–H groups in total. The van der Waals surface area contributed by atoms with E-state index in [4.69, 9.17) is 9.47 Å². The molecular weight excluding hydrogens is 216 g/mol. The van der Waals surface area contributed by atoms with Crippen LogP contribution in [-0.4, -0.2) is 19.2 Å². The third-order valence-electron chi connectivity index (χ3n) is 2.42. The second-order valence-corrected chi connectivity index (χ2v) is 3.72. The number of para-hydroxylation sites is 1. The summed E-state index contributed by atoms with van der Waals surface area (Å²) in [5, 5.41) is 0. The standard InChI is InChI=1S/C14H20O3/c1-4-10-17-13-11(5-2)8-7-9-12(13)14(15)16-6-3/h7-9H,4-6,10H2,1-3H3. The first-order valence-corrected chi connectivity index (χ1v) is 6.16. The van der Waals surface area contributed by atoms with Gasteiger partial charge in [-0.1, -0.05) is 26.0 Å². The fourth-order valence-electron chi connectivity index (χ4n) is 1.61. The molecule has 0 saturated heterocycles. The van der Waals surface area contributed by atoms with E-state index in [2.05, 4.69) is 0 Å². The molecule has 1 aromatic carbocycles. The van der Waals surface area contributed by atoms with Gasteiger partial charge in [0.1, 0.15) is 11.3 Å². The van der Waals surface area contributed by atoms with E-state index < -0.39 is 0 Å². The van der Waals surface area contributed by atoms with Gasteiger partial charge in [-0.15, -0.1) is 0 Å². The number of hydrogen-bond acceptors (Lipinski definition) is 3. The maximum Gasteiger partial charge on any atom is 0.341 e.